The lowest BCUT2D eigenvalue weighted by molar-refractivity contribution is 0.455. The van der Waals surface area contributed by atoms with Crippen molar-refractivity contribution in [2.24, 2.45) is 0 Å². The van der Waals surface area contributed by atoms with Crippen molar-refractivity contribution in [2.75, 3.05) is 0 Å². The first kappa shape index (κ1) is 20.1. The lowest BCUT2D eigenvalue weighted by Crippen LogP contribution is -2.50. The quantitative estimate of drug-likeness (QED) is 0.402. The lowest BCUT2D eigenvalue weighted by Gasteiger charge is -2.42. The van der Waals surface area contributed by atoms with Crippen LogP contribution in [-0.4, -0.2) is 13.4 Å². The van der Waals surface area contributed by atoms with E-state index in [0.717, 1.165) is 12.2 Å². The van der Waals surface area contributed by atoms with Gasteiger partial charge in [0.05, 0.1) is 0 Å². The summed E-state index contributed by atoms with van der Waals surface area (Å²) in [5.74, 6) is 1.19. The van der Waals surface area contributed by atoms with Crippen LogP contribution in [0.5, 0.6) is 11.5 Å². The van der Waals surface area contributed by atoms with Crippen molar-refractivity contribution in [1.82, 2.24) is 0 Å². The van der Waals surface area contributed by atoms with E-state index in [4.69, 9.17) is 4.43 Å². The van der Waals surface area contributed by atoms with Crippen molar-refractivity contribution in [3.63, 3.8) is 0 Å². The Hall–Kier alpha value is -0.963. The Bertz CT molecular complexity index is 459. The van der Waals surface area contributed by atoms with Crippen molar-refractivity contribution in [2.45, 2.75) is 90.8 Å². The van der Waals surface area contributed by atoms with Crippen LogP contribution in [0.4, 0.5) is 0 Å². The van der Waals surface area contributed by atoms with Gasteiger partial charge in [-0.15, -0.1) is 0 Å². The first-order valence-corrected chi connectivity index (χ1v) is 11.4. The van der Waals surface area contributed by atoms with E-state index < -0.39 is 8.32 Å². The Morgan fingerprint density at radius 1 is 0.913 bits per heavy atom. The molecule has 3 heteroatoms. The maximum Gasteiger partial charge on any atom is 0.258 e. The van der Waals surface area contributed by atoms with Crippen LogP contribution in [-0.2, 0) is 6.42 Å². The Labute approximate surface area is 144 Å². The fourth-order valence-electron chi connectivity index (χ4n) is 3.98. The maximum absolute atomic E-state index is 10.1. The van der Waals surface area contributed by atoms with Crippen molar-refractivity contribution < 1.29 is 9.53 Å². The van der Waals surface area contributed by atoms with Gasteiger partial charge in [0.25, 0.3) is 8.32 Å². The lowest BCUT2D eigenvalue weighted by atomic mass is 10.1. The highest BCUT2D eigenvalue weighted by Crippen LogP contribution is 2.43. The normalized spacial score (nSPS) is 12.4. The Morgan fingerprint density at radius 3 is 1.96 bits per heavy atom. The van der Waals surface area contributed by atoms with E-state index in [1.807, 2.05) is 6.07 Å². The molecule has 0 radical (unpaired) electrons. The third-order valence-electron chi connectivity index (χ3n) is 5.02. The minimum atomic E-state index is -1.96. The molecule has 0 heterocycles. The molecule has 0 aliphatic carbocycles. The summed E-state index contributed by atoms with van der Waals surface area (Å²) >= 11 is 0. The minimum Gasteiger partial charge on any atom is -0.543 e. The van der Waals surface area contributed by atoms with Gasteiger partial charge >= 0.3 is 0 Å². The summed E-state index contributed by atoms with van der Waals surface area (Å²) in [5.41, 5.74) is 2.79. The number of hydrogen-bond acceptors (Lipinski definition) is 2. The predicted molar refractivity (Wildman–Crippen MR) is 103 cm³/mol. The number of aryl methyl sites for hydroxylation is 1. The number of phenols is 1. The Balaban J connectivity index is 3.09. The van der Waals surface area contributed by atoms with Crippen LogP contribution < -0.4 is 4.43 Å². The second-order valence-corrected chi connectivity index (χ2v) is 13.1. The molecule has 0 aliphatic rings. The van der Waals surface area contributed by atoms with E-state index in [1.165, 1.54) is 24.8 Å². The molecule has 0 saturated carbocycles. The van der Waals surface area contributed by atoms with Crippen LogP contribution in [0.25, 0.3) is 0 Å². The maximum atomic E-state index is 10.1. The van der Waals surface area contributed by atoms with Gasteiger partial charge in [-0.3, -0.25) is 0 Å². The highest BCUT2D eigenvalue weighted by atomic mass is 28.4. The van der Waals surface area contributed by atoms with Gasteiger partial charge in [0.2, 0.25) is 0 Å². The molecular weight excluding hydrogens is 300 g/mol. The minimum absolute atomic E-state index is 0.327. The van der Waals surface area contributed by atoms with Gasteiger partial charge in [0, 0.05) is 6.07 Å². The van der Waals surface area contributed by atoms with Gasteiger partial charge < -0.3 is 9.53 Å². The molecule has 2 nitrogen and oxygen atoms in total. The highest BCUT2D eigenvalue weighted by molar-refractivity contribution is 6.78. The van der Waals surface area contributed by atoms with E-state index in [2.05, 4.69) is 54.5 Å². The Kier molecular flexibility index (Phi) is 7.66. The monoisotopic (exact) mass is 336 g/mol. The molecule has 1 aromatic rings. The summed E-state index contributed by atoms with van der Waals surface area (Å²) in [6, 6.07) is 5.81. The fraction of sp³-hybridized carbons (Fsp3) is 0.700. The molecule has 0 saturated heterocycles. The van der Waals surface area contributed by atoms with Gasteiger partial charge in [-0.1, -0.05) is 61.3 Å². The molecule has 0 aromatic heterocycles. The van der Waals surface area contributed by atoms with Crippen LogP contribution >= 0.6 is 0 Å². The third kappa shape index (κ3) is 5.00. The van der Waals surface area contributed by atoms with Gasteiger partial charge in [0.15, 0.2) is 0 Å². The second-order valence-electron chi connectivity index (χ2n) is 7.71. The smallest absolute Gasteiger partial charge is 0.258 e. The average molecular weight is 337 g/mol. The summed E-state index contributed by atoms with van der Waals surface area (Å²) in [5, 5.41) is 10.1. The highest BCUT2D eigenvalue weighted by Gasteiger charge is 2.47. The van der Waals surface area contributed by atoms with Crippen molar-refractivity contribution in [3.8, 4) is 11.5 Å². The van der Waals surface area contributed by atoms with Crippen molar-refractivity contribution in [1.29, 1.82) is 0 Å². The molecule has 0 atom stereocenters. The van der Waals surface area contributed by atoms with Gasteiger partial charge in [0.1, 0.15) is 11.5 Å². The molecule has 132 valence electrons. The van der Waals surface area contributed by atoms with Gasteiger partial charge in [-0.2, -0.15) is 0 Å². The third-order valence-corrected chi connectivity index (χ3v) is 11.0. The van der Waals surface area contributed by atoms with E-state index in [-0.39, 0.29) is 0 Å². The molecule has 0 spiro atoms. The van der Waals surface area contributed by atoms with E-state index >= 15 is 0 Å². The fourth-order valence-corrected chi connectivity index (χ4v) is 9.22. The van der Waals surface area contributed by atoms with Crippen LogP contribution in [0.3, 0.4) is 0 Å². The van der Waals surface area contributed by atoms with E-state index in [9.17, 15) is 5.11 Å². The summed E-state index contributed by atoms with van der Waals surface area (Å²) in [6.45, 7) is 15.9. The molecule has 1 rings (SSSR count). The zero-order valence-electron chi connectivity index (χ0n) is 16.1. The largest absolute Gasteiger partial charge is 0.543 e. The zero-order chi connectivity index (χ0) is 17.6. The number of aromatic hydroxyl groups is 1. The molecule has 0 aliphatic heterocycles. The zero-order valence-corrected chi connectivity index (χ0v) is 17.1. The standard InChI is InChI=1S/C20H36O2Si/c1-8-9-10-11-18-12-19(21)14-20(13-18)22-23(15(2)3,16(4)5)17(6)7/h12-17,21H,8-11H2,1-7H3. The average Bonchev–Trinajstić information content (AvgIpc) is 2.43. The summed E-state index contributed by atoms with van der Waals surface area (Å²) in [7, 11) is -1.96. The predicted octanol–water partition coefficient (Wildman–Crippen LogP) is 6.68. The first-order chi connectivity index (χ1) is 10.7. The number of hydrogen-bond donors (Lipinski definition) is 1. The topological polar surface area (TPSA) is 29.5 Å². The van der Waals surface area contributed by atoms with Gasteiger partial charge in [-0.05, 0) is 47.2 Å². The molecule has 1 aromatic carbocycles. The number of unbranched alkanes of at least 4 members (excludes halogenated alkanes) is 2. The molecule has 0 fully saturated rings. The molecule has 0 bridgehead atoms. The molecular formula is C20H36O2Si. The number of rotatable bonds is 9. The van der Waals surface area contributed by atoms with Gasteiger partial charge in [-0.25, -0.2) is 0 Å². The second kappa shape index (κ2) is 8.77. The molecule has 1 N–H and O–H groups in total. The van der Waals surface area contributed by atoms with Crippen LogP contribution in [0, 0.1) is 0 Å². The summed E-state index contributed by atoms with van der Waals surface area (Å²) < 4.78 is 6.69. The Morgan fingerprint density at radius 2 is 1.48 bits per heavy atom. The van der Waals surface area contributed by atoms with Crippen LogP contribution in [0.15, 0.2) is 18.2 Å². The first-order valence-electron chi connectivity index (χ1n) is 9.25. The van der Waals surface area contributed by atoms with Crippen LogP contribution in [0.2, 0.25) is 16.6 Å². The number of benzene rings is 1. The van der Waals surface area contributed by atoms with Crippen molar-refractivity contribution >= 4 is 8.32 Å². The van der Waals surface area contributed by atoms with Crippen molar-refractivity contribution in [3.05, 3.63) is 23.8 Å². The molecule has 23 heavy (non-hydrogen) atoms. The number of phenolic OH excluding ortho intramolecular Hbond substituents is 1. The molecule has 0 amide bonds. The summed E-state index contributed by atoms with van der Waals surface area (Å²) in [4.78, 5) is 0. The van der Waals surface area contributed by atoms with E-state index in [0.29, 0.717) is 22.4 Å². The SMILES string of the molecule is CCCCCc1cc(O)cc(O[Si](C(C)C)(C(C)C)C(C)C)c1. The summed E-state index contributed by atoms with van der Waals surface area (Å²) in [6.07, 6.45) is 4.62. The van der Waals surface area contributed by atoms with Crippen LogP contribution in [0.1, 0.15) is 73.3 Å². The van der Waals surface area contributed by atoms with E-state index in [1.54, 1.807) is 6.07 Å². The molecule has 0 unspecified atom stereocenters.